The summed E-state index contributed by atoms with van der Waals surface area (Å²) in [5, 5.41) is 2.38. The maximum Gasteiger partial charge on any atom is 0.356 e. The van der Waals surface area contributed by atoms with Crippen molar-refractivity contribution in [2.45, 2.75) is 35.8 Å². The molecule has 3 aromatic carbocycles. The maximum atomic E-state index is 14.1. The third-order valence-corrected chi connectivity index (χ3v) is 9.71. The molecule has 0 spiro atoms. The van der Waals surface area contributed by atoms with E-state index in [1.54, 1.807) is 13.0 Å². The number of benzene rings is 3. The number of hydrogen-bond donors (Lipinski definition) is 1. The van der Waals surface area contributed by atoms with E-state index in [1.165, 1.54) is 34.5 Å². The summed E-state index contributed by atoms with van der Waals surface area (Å²) in [5.74, 6) is -0.538. The number of ether oxygens (including phenoxy) is 1. The molecule has 1 saturated heterocycles. The first-order valence-electron chi connectivity index (χ1n) is 14.0. The lowest BCUT2D eigenvalue weighted by Gasteiger charge is -2.49. The molecule has 6 rings (SSSR count). The summed E-state index contributed by atoms with van der Waals surface area (Å²) in [6.07, 6.45) is -0.583. The zero-order valence-electron chi connectivity index (χ0n) is 23.7. The van der Waals surface area contributed by atoms with Gasteiger partial charge in [-0.25, -0.2) is 9.59 Å². The fourth-order valence-electron chi connectivity index (χ4n) is 5.19. The van der Waals surface area contributed by atoms with Crippen LogP contribution in [-0.2, 0) is 25.5 Å². The normalized spacial score (nSPS) is 17.6. The molecular weight excluding hydrogens is 597 g/mol. The van der Waals surface area contributed by atoms with Crippen molar-refractivity contribution in [3.05, 3.63) is 147 Å². The van der Waals surface area contributed by atoms with Crippen LogP contribution < -0.4 is 10.9 Å². The lowest BCUT2D eigenvalue weighted by Crippen LogP contribution is -2.70. The highest BCUT2D eigenvalue weighted by atomic mass is 32.2. The monoisotopic (exact) mass is 624 g/mol. The molecule has 0 bridgehead atoms. The highest BCUT2D eigenvalue weighted by molar-refractivity contribution is 8.06. The summed E-state index contributed by atoms with van der Waals surface area (Å²) in [7, 11) is 0. The van der Waals surface area contributed by atoms with Gasteiger partial charge >= 0.3 is 11.6 Å². The Morgan fingerprint density at radius 2 is 1.57 bits per heavy atom. The Kier molecular flexibility index (Phi) is 8.72. The summed E-state index contributed by atoms with van der Waals surface area (Å²) in [5.41, 5.74) is 2.00. The third kappa shape index (κ3) is 6.36. The lowest BCUT2D eigenvalue weighted by molar-refractivity contribution is -0.154. The molecular formula is C34H28N2O6S2. The molecule has 2 aliphatic heterocycles. The number of β-lactam (4-membered cyclic amide) rings is 1. The number of carbonyl (C=O) groups is 3. The van der Waals surface area contributed by atoms with E-state index in [9.17, 15) is 19.2 Å². The van der Waals surface area contributed by atoms with Gasteiger partial charge in [-0.3, -0.25) is 14.5 Å². The van der Waals surface area contributed by atoms with E-state index in [4.69, 9.17) is 9.15 Å². The molecule has 2 atom stereocenters. The maximum absolute atomic E-state index is 14.1. The summed E-state index contributed by atoms with van der Waals surface area (Å²) >= 11 is 2.67. The number of nitrogens with one attached hydrogen (secondary N) is 1. The Bertz CT molecular complexity index is 1740. The topological polar surface area (TPSA) is 106 Å². The molecule has 2 amide bonds. The zero-order valence-corrected chi connectivity index (χ0v) is 25.3. The first-order chi connectivity index (χ1) is 21.4. The van der Waals surface area contributed by atoms with Crippen molar-refractivity contribution in [2.24, 2.45) is 0 Å². The molecule has 1 fully saturated rings. The van der Waals surface area contributed by atoms with Gasteiger partial charge in [0.1, 0.15) is 22.9 Å². The Labute approximate surface area is 262 Å². The molecule has 0 radical (unpaired) electrons. The number of rotatable bonds is 9. The van der Waals surface area contributed by atoms with Gasteiger partial charge in [0.25, 0.3) is 5.91 Å². The van der Waals surface area contributed by atoms with Crippen molar-refractivity contribution in [1.82, 2.24) is 10.2 Å². The van der Waals surface area contributed by atoms with Crippen LogP contribution in [0.25, 0.3) is 0 Å². The van der Waals surface area contributed by atoms with Crippen LogP contribution in [-0.4, -0.2) is 39.9 Å². The first-order valence-corrected chi connectivity index (χ1v) is 15.9. The SMILES string of the molecule is Cc1cc(SC2=C(C(=O)OC(c3ccccc3)c3ccccc3)N3C(=O)[C@@H](NC(=O)Cc4ccccc4)[C@@H]3SC2)cc(=O)o1. The van der Waals surface area contributed by atoms with Crippen LogP contribution in [0.2, 0.25) is 0 Å². The predicted molar refractivity (Wildman–Crippen MR) is 169 cm³/mol. The van der Waals surface area contributed by atoms with E-state index in [0.717, 1.165) is 16.7 Å². The molecule has 3 heterocycles. The molecule has 0 aliphatic carbocycles. The van der Waals surface area contributed by atoms with Gasteiger partial charge in [-0.05, 0) is 29.7 Å². The fourth-order valence-corrected chi connectivity index (χ4v) is 7.77. The van der Waals surface area contributed by atoms with Crippen molar-refractivity contribution in [2.75, 3.05) is 5.75 Å². The summed E-state index contributed by atoms with van der Waals surface area (Å²) in [4.78, 5) is 55.2. The molecule has 222 valence electrons. The van der Waals surface area contributed by atoms with E-state index in [2.05, 4.69) is 5.32 Å². The minimum absolute atomic E-state index is 0.111. The van der Waals surface area contributed by atoms with Crippen molar-refractivity contribution >= 4 is 41.3 Å². The van der Waals surface area contributed by atoms with Gasteiger partial charge in [0.15, 0.2) is 6.10 Å². The van der Waals surface area contributed by atoms with Gasteiger partial charge in [0, 0.05) is 21.6 Å². The van der Waals surface area contributed by atoms with E-state index in [0.29, 0.717) is 21.3 Å². The number of aryl methyl sites for hydroxylation is 1. The summed E-state index contributed by atoms with van der Waals surface area (Å²) < 4.78 is 11.3. The van der Waals surface area contributed by atoms with Crippen molar-refractivity contribution in [3.8, 4) is 0 Å². The Morgan fingerprint density at radius 1 is 0.955 bits per heavy atom. The predicted octanol–water partition coefficient (Wildman–Crippen LogP) is 5.23. The lowest BCUT2D eigenvalue weighted by atomic mass is 10.0. The second kappa shape index (κ2) is 13.0. The largest absolute Gasteiger partial charge is 0.448 e. The van der Waals surface area contributed by atoms with Crippen LogP contribution in [0.4, 0.5) is 0 Å². The zero-order chi connectivity index (χ0) is 30.6. The van der Waals surface area contributed by atoms with Crippen LogP contribution in [0.5, 0.6) is 0 Å². The summed E-state index contributed by atoms with van der Waals surface area (Å²) in [6.45, 7) is 1.67. The van der Waals surface area contributed by atoms with Gasteiger partial charge in [0.05, 0.1) is 6.42 Å². The van der Waals surface area contributed by atoms with E-state index in [-0.39, 0.29) is 18.0 Å². The number of carbonyl (C=O) groups excluding carboxylic acids is 3. The summed E-state index contributed by atoms with van der Waals surface area (Å²) in [6, 6.07) is 30.4. The molecule has 2 aliphatic rings. The van der Waals surface area contributed by atoms with Gasteiger partial charge in [-0.1, -0.05) is 103 Å². The molecule has 0 saturated carbocycles. The first kappa shape index (κ1) is 29.5. The van der Waals surface area contributed by atoms with Crippen molar-refractivity contribution in [3.63, 3.8) is 0 Å². The van der Waals surface area contributed by atoms with Crippen LogP contribution in [0.1, 0.15) is 28.6 Å². The number of fused-ring (bicyclic) bond motifs is 1. The Hall–Kier alpha value is -4.54. The number of amides is 2. The Morgan fingerprint density at radius 3 is 2.18 bits per heavy atom. The molecule has 4 aromatic rings. The van der Waals surface area contributed by atoms with Gasteiger partial charge in [-0.15, -0.1) is 11.8 Å². The van der Waals surface area contributed by atoms with Gasteiger partial charge in [0.2, 0.25) is 5.91 Å². The number of hydrogen-bond acceptors (Lipinski definition) is 8. The van der Waals surface area contributed by atoms with Crippen LogP contribution in [0, 0.1) is 6.92 Å². The highest BCUT2D eigenvalue weighted by Crippen LogP contribution is 2.46. The quantitative estimate of drug-likeness (QED) is 0.200. The molecule has 0 unspecified atom stereocenters. The number of thioether (sulfide) groups is 2. The second-order valence-corrected chi connectivity index (χ2v) is 12.6. The smallest absolute Gasteiger partial charge is 0.356 e. The molecule has 44 heavy (non-hydrogen) atoms. The number of nitrogens with zero attached hydrogens (tertiary/aromatic N) is 1. The van der Waals surface area contributed by atoms with E-state index < -0.39 is 35.0 Å². The van der Waals surface area contributed by atoms with Crippen LogP contribution in [0.3, 0.4) is 0 Å². The third-order valence-electron chi connectivity index (χ3n) is 7.19. The minimum Gasteiger partial charge on any atom is -0.448 e. The Balaban J connectivity index is 1.31. The highest BCUT2D eigenvalue weighted by Gasteiger charge is 2.54. The van der Waals surface area contributed by atoms with Gasteiger partial charge in [-0.2, -0.15) is 0 Å². The second-order valence-electron chi connectivity index (χ2n) is 10.3. The minimum atomic E-state index is -0.782. The van der Waals surface area contributed by atoms with Crippen LogP contribution >= 0.6 is 23.5 Å². The van der Waals surface area contributed by atoms with E-state index in [1.807, 2.05) is 91.0 Å². The average molecular weight is 625 g/mol. The van der Waals surface area contributed by atoms with E-state index >= 15 is 0 Å². The molecule has 10 heteroatoms. The molecule has 1 aromatic heterocycles. The fraction of sp³-hybridized carbons (Fsp3) is 0.176. The van der Waals surface area contributed by atoms with Crippen molar-refractivity contribution < 1.29 is 23.5 Å². The van der Waals surface area contributed by atoms with Gasteiger partial charge < -0.3 is 14.5 Å². The standard InChI is InChI=1S/C34H28N2O6S2/c1-21-17-25(19-28(38)41-21)44-26-20-43-33-29(35-27(37)18-22-11-5-2-6-12-22)32(39)36(33)30(26)34(40)42-31(23-13-7-3-8-14-23)24-15-9-4-10-16-24/h2-17,19,29,31,33H,18,20H2,1H3,(H,35,37)/t29-,33+/m1/s1. The average Bonchev–Trinajstić information content (AvgIpc) is 3.03. The molecule has 8 nitrogen and oxygen atoms in total. The molecule has 1 N–H and O–H groups in total. The number of esters is 1. The van der Waals surface area contributed by atoms with Crippen molar-refractivity contribution in [1.29, 1.82) is 0 Å². The van der Waals surface area contributed by atoms with Crippen LogP contribution in [0.15, 0.2) is 128 Å².